The molecule has 6 heavy (non-hydrogen) atoms. The minimum atomic E-state index is -0.745. The molecule has 0 aromatic heterocycles. The second-order valence-electron chi connectivity index (χ2n) is 0.747. The molecule has 0 aromatic carbocycles. The van der Waals surface area contributed by atoms with E-state index in [-0.39, 0.29) is 16.3 Å². The molecule has 0 rings (SSSR count). The molecule has 0 amide bonds. The first-order valence-electron chi connectivity index (χ1n) is 1.49. The van der Waals surface area contributed by atoms with E-state index in [2.05, 4.69) is 0 Å². The molecule has 0 aliphatic carbocycles. The van der Waals surface area contributed by atoms with Crippen LogP contribution in [0, 0.1) is 0 Å². The molecule has 0 bridgehead atoms. The third kappa shape index (κ3) is 9.09. The molecule has 0 saturated heterocycles. The van der Waals surface area contributed by atoms with Gasteiger partial charge in [0.1, 0.15) is 0 Å². The fraction of sp³-hybridized carbons (Fsp3) is 0.667. The van der Waals surface area contributed by atoms with Gasteiger partial charge >= 0.3 is 5.97 Å². The van der Waals surface area contributed by atoms with Crippen LogP contribution in [0.15, 0.2) is 0 Å². The third-order valence-corrected chi connectivity index (χ3v) is 0.302. The minimum Gasteiger partial charge on any atom is -0.481 e. The SMILES string of the molecule is CCC(=O)O.P. The van der Waals surface area contributed by atoms with Gasteiger partial charge in [-0.05, 0) is 0 Å². The second kappa shape index (κ2) is 4.90. The topological polar surface area (TPSA) is 37.3 Å². The molecule has 38 valence electrons. The lowest BCUT2D eigenvalue weighted by Gasteiger charge is -1.71. The van der Waals surface area contributed by atoms with Crippen molar-refractivity contribution in [1.82, 2.24) is 0 Å². The van der Waals surface area contributed by atoms with Crippen LogP contribution in [0.5, 0.6) is 0 Å². The summed E-state index contributed by atoms with van der Waals surface area (Å²) in [5, 5.41) is 7.72. The summed E-state index contributed by atoms with van der Waals surface area (Å²) in [6.07, 6.45) is 0.222. The minimum absolute atomic E-state index is 0. The Bertz CT molecular complexity index is 44.1. The quantitative estimate of drug-likeness (QED) is 0.498. The van der Waals surface area contributed by atoms with Crippen molar-refractivity contribution < 1.29 is 9.90 Å². The molecule has 1 unspecified atom stereocenters. The highest BCUT2D eigenvalue weighted by Crippen LogP contribution is 1.67. The standard InChI is InChI=1S/C3H6O2.H3P/c1-2-3(4)5;/h2H2,1H3,(H,4,5);1H3. The van der Waals surface area contributed by atoms with E-state index in [0.717, 1.165) is 0 Å². The molecule has 0 aliphatic heterocycles. The monoisotopic (exact) mass is 108 g/mol. The number of hydrogen-bond acceptors (Lipinski definition) is 1. The lowest BCUT2D eigenvalue weighted by Crippen LogP contribution is -1.86. The van der Waals surface area contributed by atoms with Crippen molar-refractivity contribution in [3.8, 4) is 0 Å². The average molecular weight is 108 g/mol. The van der Waals surface area contributed by atoms with Crippen molar-refractivity contribution in [3.05, 3.63) is 0 Å². The third-order valence-electron chi connectivity index (χ3n) is 0.302. The van der Waals surface area contributed by atoms with Gasteiger partial charge in [0, 0.05) is 6.42 Å². The number of aliphatic carboxylic acids is 1. The lowest BCUT2D eigenvalue weighted by molar-refractivity contribution is -0.136. The Hall–Kier alpha value is -0.100. The first kappa shape index (κ1) is 9.31. The molecule has 2 nitrogen and oxygen atoms in total. The van der Waals surface area contributed by atoms with Crippen molar-refractivity contribution in [3.63, 3.8) is 0 Å². The van der Waals surface area contributed by atoms with Crippen molar-refractivity contribution >= 4 is 15.9 Å². The predicted octanol–water partition coefficient (Wildman–Crippen LogP) is 0.539. The van der Waals surface area contributed by atoms with Crippen LogP contribution in [-0.2, 0) is 4.79 Å². The maximum Gasteiger partial charge on any atom is 0.303 e. The smallest absolute Gasteiger partial charge is 0.303 e. The van der Waals surface area contributed by atoms with Crippen LogP contribution in [0.25, 0.3) is 0 Å². The zero-order valence-corrected chi connectivity index (χ0v) is 5.18. The number of carboxylic acids is 1. The highest BCUT2D eigenvalue weighted by Gasteiger charge is 1.80. The average Bonchev–Trinajstić information content (AvgIpc) is 1.38. The Morgan fingerprint density at radius 3 is 2.00 bits per heavy atom. The zero-order valence-electron chi connectivity index (χ0n) is 3.77. The van der Waals surface area contributed by atoms with Gasteiger partial charge in [-0.15, -0.1) is 0 Å². The first-order valence-corrected chi connectivity index (χ1v) is 1.49. The molecule has 1 N–H and O–H groups in total. The Balaban J connectivity index is 0. The molecule has 0 radical (unpaired) electrons. The van der Waals surface area contributed by atoms with Crippen LogP contribution in [-0.4, -0.2) is 11.1 Å². The molecule has 1 atom stereocenters. The lowest BCUT2D eigenvalue weighted by atomic mass is 10.5. The van der Waals surface area contributed by atoms with Crippen LogP contribution in [0.4, 0.5) is 0 Å². The van der Waals surface area contributed by atoms with Gasteiger partial charge in [-0.25, -0.2) is 0 Å². The Labute approximate surface area is 40.2 Å². The van der Waals surface area contributed by atoms with Gasteiger partial charge < -0.3 is 5.11 Å². The Kier molecular flexibility index (Phi) is 7.61. The van der Waals surface area contributed by atoms with E-state index in [4.69, 9.17) is 5.11 Å². The van der Waals surface area contributed by atoms with E-state index in [9.17, 15) is 4.79 Å². The van der Waals surface area contributed by atoms with Gasteiger partial charge in [-0.3, -0.25) is 4.79 Å². The van der Waals surface area contributed by atoms with E-state index >= 15 is 0 Å². The highest BCUT2D eigenvalue weighted by atomic mass is 31.0. The molecular weight excluding hydrogens is 99.0 g/mol. The summed E-state index contributed by atoms with van der Waals surface area (Å²) in [6, 6.07) is 0. The van der Waals surface area contributed by atoms with E-state index < -0.39 is 5.97 Å². The summed E-state index contributed by atoms with van der Waals surface area (Å²) in [4.78, 5) is 9.37. The molecule has 0 saturated carbocycles. The van der Waals surface area contributed by atoms with Gasteiger partial charge in [0.2, 0.25) is 0 Å². The summed E-state index contributed by atoms with van der Waals surface area (Å²) < 4.78 is 0. The van der Waals surface area contributed by atoms with Gasteiger partial charge in [0.15, 0.2) is 0 Å². The molecular formula is C3H9O2P. The fourth-order valence-electron chi connectivity index (χ4n) is 0. The first-order chi connectivity index (χ1) is 2.27. The summed E-state index contributed by atoms with van der Waals surface area (Å²) in [6.45, 7) is 1.60. The van der Waals surface area contributed by atoms with Crippen molar-refractivity contribution in [2.24, 2.45) is 0 Å². The van der Waals surface area contributed by atoms with Gasteiger partial charge in [-0.1, -0.05) is 6.92 Å². The van der Waals surface area contributed by atoms with Gasteiger partial charge in [0.05, 0.1) is 0 Å². The zero-order chi connectivity index (χ0) is 4.28. The number of hydrogen-bond donors (Lipinski definition) is 1. The van der Waals surface area contributed by atoms with Gasteiger partial charge in [-0.2, -0.15) is 9.90 Å². The van der Waals surface area contributed by atoms with E-state index in [1.165, 1.54) is 0 Å². The Morgan fingerprint density at radius 2 is 2.00 bits per heavy atom. The normalized spacial score (nSPS) is 6.17. The summed E-state index contributed by atoms with van der Waals surface area (Å²) >= 11 is 0. The summed E-state index contributed by atoms with van der Waals surface area (Å²) in [5.74, 6) is -0.745. The van der Waals surface area contributed by atoms with E-state index in [1.807, 2.05) is 0 Å². The highest BCUT2D eigenvalue weighted by molar-refractivity contribution is 6.92. The van der Waals surface area contributed by atoms with Crippen LogP contribution >= 0.6 is 9.90 Å². The van der Waals surface area contributed by atoms with Crippen LogP contribution in [0.1, 0.15) is 13.3 Å². The van der Waals surface area contributed by atoms with E-state index in [0.29, 0.717) is 0 Å². The largest absolute Gasteiger partial charge is 0.481 e. The summed E-state index contributed by atoms with van der Waals surface area (Å²) in [5.41, 5.74) is 0. The van der Waals surface area contributed by atoms with Crippen LogP contribution in [0.3, 0.4) is 0 Å². The molecule has 0 spiro atoms. The number of rotatable bonds is 1. The fourth-order valence-corrected chi connectivity index (χ4v) is 0. The molecule has 0 aliphatic rings. The van der Waals surface area contributed by atoms with Crippen molar-refractivity contribution in [2.75, 3.05) is 0 Å². The second-order valence-corrected chi connectivity index (χ2v) is 0.747. The van der Waals surface area contributed by atoms with Gasteiger partial charge in [0.25, 0.3) is 0 Å². The maximum absolute atomic E-state index is 9.37. The maximum atomic E-state index is 9.37. The summed E-state index contributed by atoms with van der Waals surface area (Å²) in [7, 11) is 0. The molecule has 0 fully saturated rings. The van der Waals surface area contributed by atoms with Crippen molar-refractivity contribution in [1.29, 1.82) is 0 Å². The number of carboxylic acid groups (broad SMARTS) is 1. The number of carbonyl (C=O) groups is 1. The van der Waals surface area contributed by atoms with Crippen molar-refractivity contribution in [2.45, 2.75) is 13.3 Å². The van der Waals surface area contributed by atoms with Crippen LogP contribution in [0.2, 0.25) is 0 Å². The predicted molar refractivity (Wildman–Crippen MR) is 29.0 cm³/mol. The molecule has 0 heterocycles. The molecule has 0 aromatic rings. The Morgan fingerprint density at radius 1 is 1.83 bits per heavy atom. The molecule has 3 heteroatoms. The van der Waals surface area contributed by atoms with E-state index in [1.54, 1.807) is 6.92 Å². The van der Waals surface area contributed by atoms with Crippen LogP contribution < -0.4 is 0 Å².